The summed E-state index contributed by atoms with van der Waals surface area (Å²) < 4.78 is 0. The molecule has 0 bridgehead atoms. The summed E-state index contributed by atoms with van der Waals surface area (Å²) >= 11 is 1.56. The molecular formula is C14H16N2OS. The van der Waals surface area contributed by atoms with Gasteiger partial charge in [0.2, 0.25) is 5.91 Å². The predicted molar refractivity (Wildman–Crippen MR) is 76.8 cm³/mol. The van der Waals surface area contributed by atoms with E-state index in [2.05, 4.69) is 5.32 Å². The summed E-state index contributed by atoms with van der Waals surface area (Å²) in [6.07, 6.45) is 0. The van der Waals surface area contributed by atoms with E-state index < -0.39 is 5.41 Å². The Morgan fingerprint density at radius 3 is 2.44 bits per heavy atom. The Morgan fingerprint density at radius 1 is 1.22 bits per heavy atom. The minimum Gasteiger partial charge on any atom is -0.399 e. The maximum atomic E-state index is 12.3. The molecule has 0 unspecified atom stereocenters. The highest BCUT2D eigenvalue weighted by atomic mass is 32.1. The lowest BCUT2D eigenvalue weighted by molar-refractivity contribution is -0.120. The first kappa shape index (κ1) is 12.6. The average Bonchev–Trinajstić information content (AvgIpc) is 2.82. The molecule has 0 aliphatic rings. The maximum absolute atomic E-state index is 12.3. The van der Waals surface area contributed by atoms with Gasteiger partial charge in [-0.05, 0) is 43.0 Å². The van der Waals surface area contributed by atoms with Crippen LogP contribution in [0.5, 0.6) is 0 Å². The van der Waals surface area contributed by atoms with Crippen LogP contribution in [0.4, 0.5) is 11.4 Å². The molecule has 0 radical (unpaired) electrons. The first-order chi connectivity index (χ1) is 8.50. The first-order valence-electron chi connectivity index (χ1n) is 5.70. The molecule has 0 saturated carbocycles. The average molecular weight is 260 g/mol. The van der Waals surface area contributed by atoms with E-state index in [0.717, 1.165) is 11.3 Å². The summed E-state index contributed by atoms with van der Waals surface area (Å²) in [6, 6.07) is 9.30. The van der Waals surface area contributed by atoms with E-state index in [0.29, 0.717) is 5.69 Å². The van der Waals surface area contributed by atoms with E-state index in [1.54, 1.807) is 11.3 Å². The van der Waals surface area contributed by atoms with Crippen molar-refractivity contribution in [2.75, 3.05) is 11.1 Å². The van der Waals surface area contributed by atoms with Crippen LogP contribution < -0.4 is 11.1 Å². The zero-order valence-electron chi connectivity index (χ0n) is 10.4. The molecule has 1 aromatic heterocycles. The molecule has 0 spiro atoms. The van der Waals surface area contributed by atoms with Crippen molar-refractivity contribution >= 4 is 28.6 Å². The molecule has 18 heavy (non-hydrogen) atoms. The molecule has 2 aromatic rings. The third kappa shape index (κ3) is 2.54. The zero-order chi connectivity index (χ0) is 13.2. The minimum atomic E-state index is -0.588. The van der Waals surface area contributed by atoms with E-state index >= 15 is 0 Å². The number of thiophene rings is 1. The Kier molecular flexibility index (Phi) is 3.39. The second-order valence-corrected chi connectivity index (χ2v) is 5.49. The van der Waals surface area contributed by atoms with Gasteiger partial charge in [0, 0.05) is 11.1 Å². The quantitative estimate of drug-likeness (QED) is 0.832. The van der Waals surface area contributed by atoms with Crippen LogP contribution in [0.15, 0.2) is 41.1 Å². The fourth-order valence-corrected chi connectivity index (χ4v) is 2.24. The maximum Gasteiger partial charge on any atom is 0.234 e. The van der Waals surface area contributed by atoms with E-state index in [1.165, 1.54) is 0 Å². The van der Waals surface area contributed by atoms with Gasteiger partial charge in [-0.2, -0.15) is 11.3 Å². The van der Waals surface area contributed by atoms with Gasteiger partial charge in [-0.15, -0.1) is 0 Å². The highest BCUT2D eigenvalue weighted by molar-refractivity contribution is 7.08. The van der Waals surface area contributed by atoms with Gasteiger partial charge in [0.15, 0.2) is 0 Å². The van der Waals surface area contributed by atoms with Crippen LogP contribution in [0.3, 0.4) is 0 Å². The lowest BCUT2D eigenvalue weighted by Gasteiger charge is -2.24. The smallest absolute Gasteiger partial charge is 0.234 e. The molecule has 4 heteroatoms. The predicted octanol–water partition coefficient (Wildman–Crippen LogP) is 3.25. The van der Waals surface area contributed by atoms with Gasteiger partial charge >= 0.3 is 0 Å². The summed E-state index contributed by atoms with van der Waals surface area (Å²) in [7, 11) is 0. The SMILES string of the molecule is CC(C)(C(=O)Nc1ccsc1)c1ccc(N)cc1. The van der Waals surface area contributed by atoms with Gasteiger partial charge in [0.05, 0.1) is 11.1 Å². The molecule has 0 aliphatic carbocycles. The number of carbonyl (C=O) groups is 1. The number of benzene rings is 1. The van der Waals surface area contributed by atoms with Crippen LogP contribution in [0.25, 0.3) is 0 Å². The second kappa shape index (κ2) is 4.82. The van der Waals surface area contributed by atoms with E-state index in [-0.39, 0.29) is 5.91 Å². The van der Waals surface area contributed by atoms with E-state index in [9.17, 15) is 4.79 Å². The van der Waals surface area contributed by atoms with Crippen LogP contribution >= 0.6 is 11.3 Å². The summed E-state index contributed by atoms with van der Waals surface area (Å²) in [5.41, 5.74) is 7.56. The van der Waals surface area contributed by atoms with Crippen LogP contribution in [-0.4, -0.2) is 5.91 Å². The number of nitrogens with two attached hydrogens (primary N) is 1. The summed E-state index contributed by atoms with van der Waals surface area (Å²) in [5.74, 6) is -0.0225. The third-order valence-electron chi connectivity index (χ3n) is 2.98. The molecule has 94 valence electrons. The standard InChI is InChI=1S/C14H16N2OS/c1-14(2,10-3-5-11(15)6-4-10)13(17)16-12-7-8-18-9-12/h3-9H,15H2,1-2H3,(H,16,17). The van der Waals surface area contributed by atoms with Crippen molar-refractivity contribution in [3.05, 3.63) is 46.7 Å². The van der Waals surface area contributed by atoms with Gasteiger partial charge in [0.1, 0.15) is 0 Å². The number of carbonyl (C=O) groups excluding carboxylic acids is 1. The monoisotopic (exact) mass is 260 g/mol. The topological polar surface area (TPSA) is 55.1 Å². The Balaban J connectivity index is 2.19. The number of hydrogen-bond donors (Lipinski definition) is 2. The van der Waals surface area contributed by atoms with Crippen LogP contribution in [0.2, 0.25) is 0 Å². The largest absolute Gasteiger partial charge is 0.399 e. The fourth-order valence-electron chi connectivity index (χ4n) is 1.65. The molecule has 1 heterocycles. The molecule has 1 aromatic carbocycles. The minimum absolute atomic E-state index is 0.0225. The Hall–Kier alpha value is -1.81. The number of amides is 1. The van der Waals surface area contributed by atoms with Crippen molar-refractivity contribution in [1.29, 1.82) is 0 Å². The lowest BCUT2D eigenvalue weighted by Crippen LogP contribution is -2.34. The number of nitrogens with one attached hydrogen (secondary N) is 1. The highest BCUT2D eigenvalue weighted by Gasteiger charge is 2.29. The molecular weight excluding hydrogens is 244 g/mol. The van der Waals surface area contributed by atoms with Crippen LogP contribution in [0, 0.1) is 0 Å². The number of hydrogen-bond acceptors (Lipinski definition) is 3. The molecule has 0 saturated heterocycles. The van der Waals surface area contributed by atoms with Gasteiger partial charge in [-0.1, -0.05) is 12.1 Å². The van der Waals surface area contributed by atoms with Crippen molar-refractivity contribution < 1.29 is 4.79 Å². The van der Waals surface area contributed by atoms with Gasteiger partial charge < -0.3 is 11.1 Å². The van der Waals surface area contributed by atoms with Gasteiger partial charge in [-0.25, -0.2) is 0 Å². The normalized spacial score (nSPS) is 11.2. The van der Waals surface area contributed by atoms with Crippen LogP contribution in [0.1, 0.15) is 19.4 Å². The molecule has 0 atom stereocenters. The summed E-state index contributed by atoms with van der Waals surface area (Å²) in [5, 5.41) is 6.77. The van der Waals surface area contributed by atoms with Crippen LogP contribution in [-0.2, 0) is 10.2 Å². The Labute approximate surface area is 111 Å². The van der Waals surface area contributed by atoms with Crippen molar-refractivity contribution in [3.63, 3.8) is 0 Å². The van der Waals surface area contributed by atoms with Gasteiger partial charge in [0.25, 0.3) is 0 Å². The first-order valence-corrected chi connectivity index (χ1v) is 6.64. The third-order valence-corrected chi connectivity index (χ3v) is 3.66. The molecule has 3 N–H and O–H groups in total. The lowest BCUT2D eigenvalue weighted by atomic mass is 9.83. The number of anilines is 2. The van der Waals surface area contributed by atoms with Crippen molar-refractivity contribution in [3.8, 4) is 0 Å². The second-order valence-electron chi connectivity index (χ2n) is 4.71. The van der Waals surface area contributed by atoms with Crippen molar-refractivity contribution in [2.24, 2.45) is 0 Å². The summed E-state index contributed by atoms with van der Waals surface area (Å²) in [6.45, 7) is 3.81. The summed E-state index contributed by atoms with van der Waals surface area (Å²) in [4.78, 5) is 12.3. The molecule has 0 fully saturated rings. The van der Waals surface area contributed by atoms with Crippen molar-refractivity contribution in [1.82, 2.24) is 0 Å². The Bertz CT molecular complexity index is 529. The Morgan fingerprint density at radius 2 is 1.89 bits per heavy atom. The number of rotatable bonds is 3. The van der Waals surface area contributed by atoms with Gasteiger partial charge in [-0.3, -0.25) is 4.79 Å². The zero-order valence-corrected chi connectivity index (χ0v) is 11.3. The molecule has 1 amide bonds. The van der Waals surface area contributed by atoms with Crippen molar-refractivity contribution in [2.45, 2.75) is 19.3 Å². The highest BCUT2D eigenvalue weighted by Crippen LogP contribution is 2.26. The molecule has 0 aliphatic heterocycles. The molecule has 3 nitrogen and oxygen atoms in total. The van der Waals surface area contributed by atoms with E-state index in [1.807, 2.05) is 54.9 Å². The van der Waals surface area contributed by atoms with E-state index in [4.69, 9.17) is 5.73 Å². The number of nitrogen functional groups attached to an aromatic ring is 1. The fraction of sp³-hybridized carbons (Fsp3) is 0.214. The molecule has 2 rings (SSSR count).